The maximum atomic E-state index is 12.9. The van der Waals surface area contributed by atoms with Crippen molar-refractivity contribution in [1.29, 1.82) is 0 Å². The Hall–Kier alpha value is -3.26. The third kappa shape index (κ3) is 7.49. The molecule has 10 nitrogen and oxygen atoms in total. The number of esters is 2. The number of piperidine rings is 1. The summed E-state index contributed by atoms with van der Waals surface area (Å²) in [4.78, 5) is 41.2. The molecule has 0 bridgehead atoms. The van der Waals surface area contributed by atoms with E-state index < -0.39 is 35.8 Å². The molecule has 0 radical (unpaired) electrons. The first kappa shape index (κ1) is 24.0. The van der Waals surface area contributed by atoms with Gasteiger partial charge in [-0.05, 0) is 32.7 Å². The van der Waals surface area contributed by atoms with Gasteiger partial charge in [0.1, 0.15) is 11.7 Å². The number of carbonyl (C=O) groups excluding carboxylic acids is 3. The van der Waals surface area contributed by atoms with Gasteiger partial charge in [0.25, 0.3) is 0 Å². The molecule has 10 heteroatoms. The van der Waals surface area contributed by atoms with Crippen molar-refractivity contribution in [2.24, 2.45) is 11.0 Å². The zero-order chi connectivity index (χ0) is 23.0. The summed E-state index contributed by atoms with van der Waals surface area (Å²) in [5.74, 6) is -1.67. The number of ether oxygens (including phenoxy) is 3. The number of carbonyl (C=O) groups is 3. The van der Waals surface area contributed by atoms with E-state index in [1.165, 1.54) is 11.8 Å². The molecule has 1 saturated heterocycles. The highest BCUT2D eigenvalue weighted by molar-refractivity contribution is 5.80. The Bertz CT molecular complexity index is 832. The summed E-state index contributed by atoms with van der Waals surface area (Å²) in [5, 5.41) is 3.60. The normalized spacial score (nSPS) is 19.5. The van der Waals surface area contributed by atoms with Crippen molar-refractivity contribution in [3.05, 3.63) is 46.3 Å². The molecule has 1 heterocycles. The van der Waals surface area contributed by atoms with Gasteiger partial charge in [0.2, 0.25) is 6.10 Å². The number of rotatable bonds is 6. The molecule has 0 N–H and O–H groups in total. The van der Waals surface area contributed by atoms with Crippen molar-refractivity contribution < 1.29 is 28.6 Å². The first-order chi connectivity index (χ1) is 14.6. The molecule has 1 amide bonds. The minimum absolute atomic E-state index is 0.0772. The third-order valence-corrected chi connectivity index (χ3v) is 4.59. The predicted molar refractivity (Wildman–Crippen MR) is 111 cm³/mol. The van der Waals surface area contributed by atoms with Crippen LogP contribution in [-0.2, 0) is 23.8 Å². The van der Waals surface area contributed by atoms with E-state index in [4.69, 9.17) is 19.7 Å². The van der Waals surface area contributed by atoms with Crippen LogP contribution >= 0.6 is 0 Å². The van der Waals surface area contributed by atoms with E-state index in [0.29, 0.717) is 18.5 Å². The molecule has 1 aromatic rings. The number of nitrogens with zero attached hydrogens (tertiary/aromatic N) is 4. The summed E-state index contributed by atoms with van der Waals surface area (Å²) in [7, 11) is 0. The predicted octanol–water partition coefficient (Wildman–Crippen LogP) is 3.77. The van der Waals surface area contributed by atoms with Crippen molar-refractivity contribution in [3.8, 4) is 0 Å². The van der Waals surface area contributed by atoms with Crippen LogP contribution in [0.5, 0.6) is 0 Å². The van der Waals surface area contributed by atoms with Crippen molar-refractivity contribution in [2.75, 3.05) is 19.6 Å². The second kappa shape index (κ2) is 10.7. The molecule has 1 aromatic carbocycles. The molecule has 168 valence electrons. The van der Waals surface area contributed by atoms with E-state index in [1.807, 2.05) is 0 Å². The van der Waals surface area contributed by atoms with Gasteiger partial charge < -0.3 is 19.1 Å². The zero-order valence-electron chi connectivity index (χ0n) is 18.2. The number of azide groups is 1. The molecular formula is C21H28N4O6. The molecule has 2 rings (SSSR count). The smallest absolute Gasteiger partial charge is 0.410 e. The molecule has 1 aliphatic rings. The Labute approximate surface area is 181 Å². The number of likely N-dealkylation sites (tertiary alicyclic amines) is 1. The first-order valence-electron chi connectivity index (χ1n) is 10.0. The Kier molecular flexibility index (Phi) is 8.27. The van der Waals surface area contributed by atoms with E-state index in [2.05, 4.69) is 10.0 Å². The standard InChI is InChI=1S/C21H28N4O6/c1-14(26)29-18(15-8-6-5-7-9-15)19(27)30-17-13-25(20(28)31-21(2,3)4)11-10-16(17)12-23-24-22/h5-9,16-18H,10-13H2,1-4H3/t16-,17?,18-/m1/s1. The van der Waals surface area contributed by atoms with E-state index in [1.54, 1.807) is 51.1 Å². The largest absolute Gasteiger partial charge is 0.457 e. The number of hydrogen-bond acceptors (Lipinski definition) is 7. The molecule has 0 spiro atoms. The van der Waals surface area contributed by atoms with Crippen LogP contribution in [0, 0.1) is 5.92 Å². The Balaban J connectivity index is 2.19. The van der Waals surface area contributed by atoms with Gasteiger partial charge in [-0.25, -0.2) is 9.59 Å². The molecule has 3 atom stereocenters. The van der Waals surface area contributed by atoms with Crippen LogP contribution in [0.2, 0.25) is 0 Å². The topological polar surface area (TPSA) is 131 Å². The zero-order valence-corrected chi connectivity index (χ0v) is 18.2. The minimum Gasteiger partial charge on any atom is -0.457 e. The average molecular weight is 432 g/mol. The maximum Gasteiger partial charge on any atom is 0.410 e. The lowest BCUT2D eigenvalue weighted by molar-refractivity contribution is -0.175. The van der Waals surface area contributed by atoms with Crippen molar-refractivity contribution in [2.45, 2.75) is 51.9 Å². The van der Waals surface area contributed by atoms with Crippen LogP contribution in [0.1, 0.15) is 45.8 Å². The minimum atomic E-state index is -1.24. The Morgan fingerprint density at radius 3 is 2.52 bits per heavy atom. The second-order valence-corrected chi connectivity index (χ2v) is 8.26. The van der Waals surface area contributed by atoms with Crippen LogP contribution in [0.25, 0.3) is 10.4 Å². The highest BCUT2D eigenvalue weighted by atomic mass is 16.6. The van der Waals surface area contributed by atoms with E-state index >= 15 is 0 Å². The monoisotopic (exact) mass is 432 g/mol. The molecule has 1 aliphatic heterocycles. The highest BCUT2D eigenvalue weighted by Crippen LogP contribution is 2.26. The van der Waals surface area contributed by atoms with Gasteiger partial charge in [0, 0.05) is 36.4 Å². The van der Waals surface area contributed by atoms with Gasteiger partial charge in [0.05, 0.1) is 6.54 Å². The van der Waals surface area contributed by atoms with Gasteiger partial charge in [-0.2, -0.15) is 0 Å². The summed E-state index contributed by atoms with van der Waals surface area (Å²) in [6.45, 7) is 7.06. The van der Waals surface area contributed by atoms with Crippen molar-refractivity contribution in [3.63, 3.8) is 0 Å². The third-order valence-electron chi connectivity index (χ3n) is 4.59. The summed E-state index contributed by atoms with van der Waals surface area (Å²) in [5.41, 5.74) is 8.48. The van der Waals surface area contributed by atoms with E-state index in [0.717, 1.165) is 0 Å². The Morgan fingerprint density at radius 1 is 1.26 bits per heavy atom. The highest BCUT2D eigenvalue weighted by Gasteiger charge is 2.37. The van der Waals surface area contributed by atoms with Gasteiger partial charge in [-0.1, -0.05) is 35.4 Å². The summed E-state index contributed by atoms with van der Waals surface area (Å²) in [6, 6.07) is 8.51. The van der Waals surface area contributed by atoms with E-state index in [-0.39, 0.29) is 19.0 Å². The van der Waals surface area contributed by atoms with Crippen molar-refractivity contribution >= 4 is 18.0 Å². The van der Waals surface area contributed by atoms with E-state index in [9.17, 15) is 14.4 Å². The molecular weight excluding hydrogens is 404 g/mol. The fourth-order valence-electron chi connectivity index (χ4n) is 3.20. The summed E-state index contributed by atoms with van der Waals surface area (Å²) < 4.78 is 16.3. The molecule has 1 fully saturated rings. The first-order valence-corrected chi connectivity index (χ1v) is 10.0. The van der Waals surface area contributed by atoms with Gasteiger partial charge in [-0.15, -0.1) is 0 Å². The van der Waals surface area contributed by atoms with Crippen molar-refractivity contribution in [1.82, 2.24) is 4.90 Å². The molecule has 0 aromatic heterocycles. The number of benzene rings is 1. The van der Waals surface area contributed by atoms with Gasteiger partial charge >= 0.3 is 18.0 Å². The van der Waals surface area contributed by atoms with Crippen LogP contribution in [0.15, 0.2) is 35.4 Å². The summed E-state index contributed by atoms with van der Waals surface area (Å²) >= 11 is 0. The Morgan fingerprint density at radius 2 is 1.94 bits per heavy atom. The number of amides is 1. The lowest BCUT2D eigenvalue weighted by Crippen LogP contribution is -2.50. The quantitative estimate of drug-likeness (QED) is 0.221. The second-order valence-electron chi connectivity index (χ2n) is 8.26. The fourth-order valence-corrected chi connectivity index (χ4v) is 3.20. The molecule has 0 saturated carbocycles. The SMILES string of the molecule is CC(=O)O[C@@H](C(=O)OC1CN(C(=O)OC(C)(C)C)CC[C@@H]1CN=[N+]=[N-])c1ccccc1. The molecule has 0 aliphatic carbocycles. The lowest BCUT2D eigenvalue weighted by atomic mass is 9.94. The van der Waals surface area contributed by atoms with Crippen LogP contribution in [-0.4, -0.2) is 54.3 Å². The maximum absolute atomic E-state index is 12.9. The van der Waals surface area contributed by atoms with Crippen LogP contribution in [0.3, 0.4) is 0 Å². The van der Waals surface area contributed by atoms with Crippen LogP contribution < -0.4 is 0 Å². The van der Waals surface area contributed by atoms with Crippen LogP contribution in [0.4, 0.5) is 4.79 Å². The number of hydrogen-bond donors (Lipinski definition) is 0. The lowest BCUT2D eigenvalue weighted by Gasteiger charge is -2.38. The summed E-state index contributed by atoms with van der Waals surface area (Å²) in [6.07, 6.45) is -2.05. The molecule has 31 heavy (non-hydrogen) atoms. The molecule has 1 unspecified atom stereocenters. The fraction of sp³-hybridized carbons (Fsp3) is 0.571. The van der Waals surface area contributed by atoms with Gasteiger partial charge in [0.15, 0.2) is 0 Å². The average Bonchev–Trinajstić information content (AvgIpc) is 2.70. The van der Waals surface area contributed by atoms with Gasteiger partial charge in [-0.3, -0.25) is 4.79 Å².